The molecule has 2 aromatic carbocycles. The molecule has 4 rings (SSSR count). The zero-order chi connectivity index (χ0) is 19.1. The van der Waals surface area contributed by atoms with Crippen LogP contribution < -0.4 is 11.5 Å². The van der Waals surface area contributed by atoms with E-state index < -0.39 is 0 Å². The first-order valence-corrected chi connectivity index (χ1v) is 9.21. The van der Waals surface area contributed by atoms with Gasteiger partial charge < -0.3 is 22.3 Å². The molecule has 1 heterocycles. The van der Waals surface area contributed by atoms with E-state index in [0.29, 0.717) is 17.1 Å². The van der Waals surface area contributed by atoms with Crippen LogP contribution in [0.2, 0.25) is 0 Å². The number of nitrogen functional groups attached to an aromatic ring is 2. The van der Waals surface area contributed by atoms with E-state index in [0.717, 1.165) is 59.0 Å². The van der Waals surface area contributed by atoms with Crippen molar-refractivity contribution >= 4 is 34.2 Å². The van der Waals surface area contributed by atoms with E-state index in [-0.39, 0.29) is 0 Å². The van der Waals surface area contributed by atoms with Crippen molar-refractivity contribution in [2.75, 3.05) is 11.5 Å². The topological polar surface area (TPSA) is 113 Å². The third-order valence-corrected chi connectivity index (χ3v) is 5.42. The van der Waals surface area contributed by atoms with Gasteiger partial charge >= 0.3 is 0 Å². The van der Waals surface area contributed by atoms with Crippen molar-refractivity contribution in [1.29, 1.82) is 10.8 Å². The van der Waals surface area contributed by atoms with Gasteiger partial charge in [-0.15, -0.1) is 0 Å². The molecule has 1 aliphatic rings. The van der Waals surface area contributed by atoms with Crippen molar-refractivity contribution in [1.82, 2.24) is 4.98 Å². The maximum Gasteiger partial charge on any atom is 0.0744 e. The van der Waals surface area contributed by atoms with Crippen LogP contribution in [0, 0.1) is 10.8 Å². The van der Waals surface area contributed by atoms with E-state index in [9.17, 15) is 0 Å². The van der Waals surface area contributed by atoms with Crippen molar-refractivity contribution in [3.8, 4) is 11.3 Å². The number of rotatable bonds is 3. The predicted molar refractivity (Wildman–Crippen MR) is 113 cm³/mol. The average Bonchev–Trinajstić information content (AvgIpc) is 2.67. The number of hydrogen-bond acceptors (Lipinski definition) is 5. The molecule has 5 nitrogen and oxygen atoms in total. The lowest BCUT2D eigenvalue weighted by atomic mass is 9.84. The highest BCUT2D eigenvalue weighted by Gasteiger charge is 2.22. The van der Waals surface area contributed by atoms with Gasteiger partial charge in [-0.2, -0.15) is 0 Å². The quantitative estimate of drug-likeness (QED) is 0.413. The van der Waals surface area contributed by atoms with Crippen LogP contribution >= 0.6 is 0 Å². The van der Waals surface area contributed by atoms with E-state index in [1.807, 2.05) is 30.3 Å². The number of anilines is 2. The van der Waals surface area contributed by atoms with E-state index in [2.05, 4.69) is 0 Å². The Kier molecular flexibility index (Phi) is 4.15. The first kappa shape index (κ1) is 17.2. The number of aromatic nitrogens is 1. The summed E-state index contributed by atoms with van der Waals surface area (Å²) in [4.78, 5) is 4.97. The standard InChI is InChI=1S/C22H23N5/c1-12(24)16-10-13(6-7-18(16)25)22-15-5-3-2-4-14(15)21-17(11-23)19(26)8-9-20(21)27-22/h6-11,23-24H,2-5,25-26H2,1H3. The Morgan fingerprint density at radius 1 is 1.04 bits per heavy atom. The molecular formula is C22H23N5. The summed E-state index contributed by atoms with van der Waals surface area (Å²) in [6.45, 7) is 1.75. The number of nitrogens with one attached hydrogen (secondary N) is 2. The summed E-state index contributed by atoms with van der Waals surface area (Å²) in [5.74, 6) is 0. The molecule has 5 heteroatoms. The molecular weight excluding hydrogens is 334 g/mol. The monoisotopic (exact) mass is 357 g/mol. The highest BCUT2D eigenvalue weighted by Crippen LogP contribution is 2.38. The lowest BCUT2D eigenvalue weighted by Crippen LogP contribution is -2.10. The summed E-state index contributed by atoms with van der Waals surface area (Å²) in [6, 6.07) is 9.58. The van der Waals surface area contributed by atoms with E-state index >= 15 is 0 Å². The number of nitrogens with two attached hydrogens (primary N) is 2. The lowest BCUT2D eigenvalue weighted by Gasteiger charge is -2.23. The Balaban J connectivity index is 2.06. The van der Waals surface area contributed by atoms with Crippen molar-refractivity contribution in [2.24, 2.45) is 0 Å². The van der Waals surface area contributed by atoms with Gasteiger partial charge in [0.2, 0.25) is 0 Å². The molecule has 0 spiro atoms. The molecule has 27 heavy (non-hydrogen) atoms. The second kappa shape index (κ2) is 6.50. The molecule has 1 aromatic heterocycles. The first-order valence-electron chi connectivity index (χ1n) is 9.21. The van der Waals surface area contributed by atoms with Crippen LogP contribution in [-0.4, -0.2) is 16.9 Å². The normalized spacial score (nSPS) is 13.4. The largest absolute Gasteiger partial charge is 0.398 e. The molecule has 3 aromatic rings. The maximum atomic E-state index is 7.99. The molecule has 1 aliphatic carbocycles. The number of fused-ring (bicyclic) bond motifs is 3. The highest BCUT2D eigenvalue weighted by atomic mass is 14.7. The van der Waals surface area contributed by atoms with Gasteiger partial charge in [0.15, 0.2) is 0 Å². The van der Waals surface area contributed by atoms with Crippen molar-refractivity contribution in [3.63, 3.8) is 0 Å². The highest BCUT2D eigenvalue weighted by molar-refractivity contribution is 6.06. The van der Waals surface area contributed by atoms with Gasteiger partial charge in [0.25, 0.3) is 0 Å². The van der Waals surface area contributed by atoms with Gasteiger partial charge in [-0.25, -0.2) is 4.98 Å². The molecule has 0 fully saturated rings. The van der Waals surface area contributed by atoms with Crippen LogP contribution in [0.4, 0.5) is 11.4 Å². The fraction of sp³-hybridized carbons (Fsp3) is 0.227. The van der Waals surface area contributed by atoms with E-state index in [1.54, 1.807) is 6.92 Å². The Hall–Kier alpha value is -3.21. The molecule has 0 saturated heterocycles. The van der Waals surface area contributed by atoms with Crippen LogP contribution in [0.1, 0.15) is 42.0 Å². The molecule has 0 aliphatic heterocycles. The lowest BCUT2D eigenvalue weighted by molar-refractivity contribution is 0.689. The van der Waals surface area contributed by atoms with Gasteiger partial charge in [-0.1, -0.05) is 6.07 Å². The number of benzene rings is 2. The molecule has 0 atom stereocenters. The molecule has 0 saturated carbocycles. The Bertz CT molecular complexity index is 1100. The Morgan fingerprint density at radius 2 is 1.74 bits per heavy atom. The fourth-order valence-electron chi connectivity index (χ4n) is 4.09. The van der Waals surface area contributed by atoms with Gasteiger partial charge in [0, 0.05) is 45.4 Å². The van der Waals surface area contributed by atoms with E-state index in [1.165, 1.54) is 17.3 Å². The van der Waals surface area contributed by atoms with Gasteiger partial charge in [-0.3, -0.25) is 0 Å². The van der Waals surface area contributed by atoms with Gasteiger partial charge in [0.1, 0.15) is 0 Å². The van der Waals surface area contributed by atoms with Crippen molar-refractivity contribution < 1.29 is 0 Å². The second-order valence-electron chi connectivity index (χ2n) is 7.16. The average molecular weight is 357 g/mol. The van der Waals surface area contributed by atoms with E-state index in [4.69, 9.17) is 27.3 Å². The minimum atomic E-state index is 0.447. The minimum Gasteiger partial charge on any atom is -0.398 e. The minimum absolute atomic E-state index is 0.447. The third-order valence-electron chi connectivity index (χ3n) is 5.42. The van der Waals surface area contributed by atoms with Crippen LogP contribution in [-0.2, 0) is 12.8 Å². The first-order chi connectivity index (χ1) is 13.0. The van der Waals surface area contributed by atoms with Crippen LogP contribution in [0.15, 0.2) is 30.3 Å². The summed E-state index contributed by atoms with van der Waals surface area (Å²) in [5.41, 5.74) is 20.7. The summed E-state index contributed by atoms with van der Waals surface area (Å²) in [7, 11) is 0. The summed E-state index contributed by atoms with van der Waals surface area (Å²) < 4.78 is 0. The fourth-order valence-corrected chi connectivity index (χ4v) is 4.09. The molecule has 0 unspecified atom stereocenters. The van der Waals surface area contributed by atoms with Crippen LogP contribution in [0.5, 0.6) is 0 Å². The Labute approximate surface area is 158 Å². The molecule has 6 N–H and O–H groups in total. The zero-order valence-electron chi connectivity index (χ0n) is 15.4. The molecule has 0 amide bonds. The zero-order valence-corrected chi connectivity index (χ0v) is 15.4. The summed E-state index contributed by atoms with van der Waals surface area (Å²) in [5, 5.41) is 16.8. The molecule has 0 radical (unpaired) electrons. The SMILES string of the molecule is CC(=N)c1cc(-c2nc3ccc(N)c(C=N)c3c3c2CCCC3)ccc1N. The number of aryl methyl sites for hydroxylation is 1. The molecule has 136 valence electrons. The second-order valence-corrected chi connectivity index (χ2v) is 7.16. The summed E-state index contributed by atoms with van der Waals surface area (Å²) in [6.07, 6.45) is 5.53. The molecule has 0 bridgehead atoms. The van der Waals surface area contributed by atoms with Crippen molar-refractivity contribution in [2.45, 2.75) is 32.6 Å². The number of hydrogen-bond donors (Lipinski definition) is 4. The number of pyridine rings is 1. The third kappa shape index (κ3) is 2.76. The maximum absolute atomic E-state index is 7.99. The smallest absolute Gasteiger partial charge is 0.0744 e. The number of nitrogens with zero attached hydrogens (tertiary/aromatic N) is 1. The summed E-state index contributed by atoms with van der Waals surface area (Å²) >= 11 is 0. The van der Waals surface area contributed by atoms with Crippen molar-refractivity contribution in [3.05, 3.63) is 52.6 Å². The van der Waals surface area contributed by atoms with Gasteiger partial charge in [-0.05, 0) is 68.0 Å². The van der Waals surface area contributed by atoms with Gasteiger partial charge in [0.05, 0.1) is 11.2 Å². The van der Waals surface area contributed by atoms with Crippen LogP contribution in [0.3, 0.4) is 0 Å². The Morgan fingerprint density at radius 3 is 2.44 bits per heavy atom. The van der Waals surface area contributed by atoms with Crippen LogP contribution in [0.25, 0.3) is 22.2 Å². The predicted octanol–water partition coefficient (Wildman–Crippen LogP) is 4.33.